The molecular weight excluding hydrogens is 272 g/mol. The smallest absolute Gasteiger partial charge is 0.335 e. The number of aliphatic hydroxyl groups excluding tert-OH is 1. The predicted octanol–water partition coefficient (Wildman–Crippen LogP) is 1.96. The van der Waals surface area contributed by atoms with E-state index in [2.05, 4.69) is 25.5 Å². The summed E-state index contributed by atoms with van der Waals surface area (Å²) in [5.41, 5.74) is 0. The monoisotopic (exact) mass is 300 g/mol. The number of ketones is 1. The fourth-order valence-electron chi connectivity index (χ4n) is 3.00. The topological polar surface area (TPSA) is 72.8 Å². The standard InChI is InChI=1S/C16H28O5/c1-10(2)13-6-5-11(3)7-15(13)21-9-12(17)8-14(18)16(19)20-4/h10-11,13-15,18H,5-9H2,1-4H3. The molecule has 0 bridgehead atoms. The highest BCUT2D eigenvalue weighted by Gasteiger charge is 2.32. The number of aliphatic hydroxyl groups is 1. The van der Waals surface area contributed by atoms with Crippen molar-refractivity contribution in [3.63, 3.8) is 0 Å². The molecule has 0 radical (unpaired) electrons. The van der Waals surface area contributed by atoms with Crippen molar-refractivity contribution in [1.82, 2.24) is 0 Å². The molecule has 0 aromatic heterocycles. The molecule has 122 valence electrons. The van der Waals surface area contributed by atoms with Crippen molar-refractivity contribution < 1.29 is 24.2 Å². The zero-order valence-corrected chi connectivity index (χ0v) is 13.5. The maximum absolute atomic E-state index is 11.8. The van der Waals surface area contributed by atoms with Crippen LogP contribution < -0.4 is 0 Å². The van der Waals surface area contributed by atoms with Gasteiger partial charge >= 0.3 is 5.97 Å². The summed E-state index contributed by atoms with van der Waals surface area (Å²) < 4.78 is 10.2. The largest absolute Gasteiger partial charge is 0.467 e. The molecule has 5 nitrogen and oxygen atoms in total. The summed E-state index contributed by atoms with van der Waals surface area (Å²) in [7, 11) is 1.18. The van der Waals surface area contributed by atoms with Crippen molar-refractivity contribution in [2.75, 3.05) is 13.7 Å². The van der Waals surface area contributed by atoms with Crippen LogP contribution in [0.15, 0.2) is 0 Å². The van der Waals surface area contributed by atoms with Crippen LogP contribution in [-0.4, -0.2) is 42.8 Å². The molecule has 0 aromatic rings. The third-order valence-electron chi connectivity index (χ3n) is 4.31. The summed E-state index contributed by atoms with van der Waals surface area (Å²) in [5.74, 6) is 0.557. The van der Waals surface area contributed by atoms with Crippen LogP contribution in [0, 0.1) is 17.8 Å². The number of methoxy groups -OCH3 is 1. The van der Waals surface area contributed by atoms with Crippen LogP contribution in [0.4, 0.5) is 0 Å². The molecule has 0 saturated heterocycles. The Labute approximate surface area is 127 Å². The van der Waals surface area contributed by atoms with Gasteiger partial charge in [0.05, 0.1) is 13.2 Å². The lowest BCUT2D eigenvalue weighted by molar-refractivity contribution is -0.153. The molecule has 1 rings (SSSR count). The van der Waals surface area contributed by atoms with E-state index in [-0.39, 0.29) is 24.9 Å². The Bertz CT molecular complexity index is 353. The third-order valence-corrected chi connectivity index (χ3v) is 4.31. The minimum absolute atomic E-state index is 0.0470. The molecule has 4 atom stereocenters. The predicted molar refractivity (Wildman–Crippen MR) is 78.7 cm³/mol. The van der Waals surface area contributed by atoms with Gasteiger partial charge in [-0.3, -0.25) is 4.79 Å². The van der Waals surface area contributed by atoms with Crippen LogP contribution in [0.5, 0.6) is 0 Å². The van der Waals surface area contributed by atoms with Gasteiger partial charge in [0, 0.05) is 6.42 Å². The summed E-state index contributed by atoms with van der Waals surface area (Å²) in [4.78, 5) is 22.9. The van der Waals surface area contributed by atoms with E-state index in [1.807, 2.05) is 0 Å². The summed E-state index contributed by atoms with van der Waals surface area (Å²) in [5, 5.41) is 9.46. The fraction of sp³-hybridized carbons (Fsp3) is 0.875. The SMILES string of the molecule is COC(=O)C(O)CC(=O)COC1CC(C)CCC1C(C)C. The molecule has 1 aliphatic rings. The van der Waals surface area contributed by atoms with Crippen molar-refractivity contribution in [2.24, 2.45) is 17.8 Å². The highest BCUT2D eigenvalue weighted by atomic mass is 16.5. The lowest BCUT2D eigenvalue weighted by atomic mass is 9.75. The van der Waals surface area contributed by atoms with E-state index < -0.39 is 12.1 Å². The number of hydrogen-bond donors (Lipinski definition) is 1. The van der Waals surface area contributed by atoms with E-state index >= 15 is 0 Å². The molecule has 1 fully saturated rings. The Morgan fingerprint density at radius 3 is 2.52 bits per heavy atom. The van der Waals surface area contributed by atoms with Gasteiger partial charge in [-0.1, -0.05) is 27.2 Å². The quantitative estimate of drug-likeness (QED) is 0.728. The second kappa shape index (κ2) is 8.49. The van der Waals surface area contributed by atoms with Gasteiger partial charge in [0.25, 0.3) is 0 Å². The first-order valence-electron chi connectivity index (χ1n) is 7.74. The number of rotatable bonds is 7. The third kappa shape index (κ3) is 5.75. The van der Waals surface area contributed by atoms with Crippen LogP contribution >= 0.6 is 0 Å². The molecule has 1 N–H and O–H groups in total. The van der Waals surface area contributed by atoms with E-state index in [1.165, 1.54) is 13.5 Å². The van der Waals surface area contributed by atoms with Crippen LogP contribution in [0.3, 0.4) is 0 Å². The molecule has 0 spiro atoms. The Balaban J connectivity index is 2.44. The first-order valence-corrected chi connectivity index (χ1v) is 7.74. The number of esters is 1. The van der Waals surface area contributed by atoms with Crippen LogP contribution in [-0.2, 0) is 19.1 Å². The lowest BCUT2D eigenvalue weighted by Gasteiger charge is -2.37. The average Bonchev–Trinajstić information content (AvgIpc) is 2.43. The first-order chi connectivity index (χ1) is 9.85. The summed E-state index contributed by atoms with van der Waals surface area (Å²) >= 11 is 0. The van der Waals surface area contributed by atoms with Crippen molar-refractivity contribution in [3.05, 3.63) is 0 Å². The molecule has 0 heterocycles. The number of hydrogen-bond acceptors (Lipinski definition) is 5. The minimum Gasteiger partial charge on any atom is -0.467 e. The average molecular weight is 300 g/mol. The molecule has 0 amide bonds. The summed E-state index contributed by atoms with van der Waals surface area (Å²) in [6, 6.07) is 0. The highest BCUT2D eigenvalue weighted by molar-refractivity contribution is 5.86. The Hall–Kier alpha value is -0.940. The van der Waals surface area contributed by atoms with Gasteiger partial charge in [0.1, 0.15) is 6.61 Å². The maximum atomic E-state index is 11.8. The molecular formula is C16H28O5. The summed E-state index contributed by atoms with van der Waals surface area (Å²) in [6.07, 6.45) is 1.75. The maximum Gasteiger partial charge on any atom is 0.335 e. The van der Waals surface area contributed by atoms with Gasteiger partial charge in [-0.15, -0.1) is 0 Å². The van der Waals surface area contributed by atoms with E-state index in [4.69, 9.17) is 4.74 Å². The van der Waals surface area contributed by atoms with Gasteiger partial charge in [-0.2, -0.15) is 0 Å². The van der Waals surface area contributed by atoms with Gasteiger partial charge < -0.3 is 14.6 Å². The zero-order valence-electron chi connectivity index (χ0n) is 13.5. The number of carbonyl (C=O) groups excluding carboxylic acids is 2. The van der Waals surface area contributed by atoms with Crippen molar-refractivity contribution >= 4 is 11.8 Å². The van der Waals surface area contributed by atoms with Gasteiger partial charge in [0.2, 0.25) is 0 Å². The van der Waals surface area contributed by atoms with Gasteiger partial charge in [-0.05, 0) is 30.6 Å². The second-order valence-electron chi connectivity index (χ2n) is 6.46. The van der Waals surface area contributed by atoms with Gasteiger partial charge in [-0.25, -0.2) is 4.79 Å². The molecule has 21 heavy (non-hydrogen) atoms. The Morgan fingerprint density at radius 1 is 1.29 bits per heavy atom. The first kappa shape index (κ1) is 18.1. The van der Waals surface area contributed by atoms with Crippen LogP contribution in [0.1, 0.15) is 46.5 Å². The van der Waals surface area contributed by atoms with Crippen molar-refractivity contribution in [2.45, 2.75) is 58.7 Å². The normalized spacial score (nSPS) is 27.4. The number of ether oxygens (including phenoxy) is 2. The second-order valence-corrected chi connectivity index (χ2v) is 6.46. The molecule has 0 aromatic carbocycles. The summed E-state index contributed by atoms with van der Waals surface area (Å²) in [6.45, 7) is 6.52. The van der Waals surface area contributed by atoms with Gasteiger partial charge in [0.15, 0.2) is 11.9 Å². The van der Waals surface area contributed by atoms with Crippen LogP contribution in [0.25, 0.3) is 0 Å². The Kier molecular flexibility index (Phi) is 7.32. The van der Waals surface area contributed by atoms with E-state index in [0.29, 0.717) is 17.8 Å². The molecule has 1 aliphatic carbocycles. The zero-order chi connectivity index (χ0) is 16.0. The molecule has 4 unspecified atom stereocenters. The van der Waals surface area contributed by atoms with E-state index in [0.717, 1.165) is 12.8 Å². The van der Waals surface area contributed by atoms with E-state index in [1.54, 1.807) is 0 Å². The molecule has 1 saturated carbocycles. The highest BCUT2D eigenvalue weighted by Crippen LogP contribution is 2.35. The fourth-order valence-corrected chi connectivity index (χ4v) is 3.00. The number of carbonyl (C=O) groups is 2. The number of Topliss-reactive ketones (excluding diaryl/α,β-unsaturated/α-hetero) is 1. The lowest BCUT2D eigenvalue weighted by Crippen LogP contribution is -2.36. The van der Waals surface area contributed by atoms with Crippen LogP contribution in [0.2, 0.25) is 0 Å². The molecule has 5 heteroatoms. The van der Waals surface area contributed by atoms with E-state index in [9.17, 15) is 14.7 Å². The minimum atomic E-state index is -1.39. The van der Waals surface area contributed by atoms with Crippen molar-refractivity contribution in [3.8, 4) is 0 Å². The Morgan fingerprint density at radius 2 is 1.95 bits per heavy atom. The van der Waals surface area contributed by atoms with Crippen molar-refractivity contribution in [1.29, 1.82) is 0 Å². The molecule has 0 aliphatic heterocycles.